The van der Waals surface area contributed by atoms with E-state index in [2.05, 4.69) is 29.2 Å². The second-order valence-corrected chi connectivity index (χ2v) is 7.82. The van der Waals surface area contributed by atoms with E-state index in [0.29, 0.717) is 24.2 Å². The van der Waals surface area contributed by atoms with E-state index in [1.165, 1.54) is 0 Å². The Bertz CT molecular complexity index is 826. The zero-order valence-corrected chi connectivity index (χ0v) is 18.6. The van der Waals surface area contributed by atoms with Crippen molar-refractivity contribution >= 4 is 5.91 Å². The van der Waals surface area contributed by atoms with Crippen molar-refractivity contribution in [3.63, 3.8) is 0 Å². The van der Waals surface area contributed by atoms with Gasteiger partial charge < -0.3 is 14.8 Å². The highest BCUT2D eigenvalue weighted by Crippen LogP contribution is 2.24. The van der Waals surface area contributed by atoms with Gasteiger partial charge in [-0.15, -0.1) is 0 Å². The van der Waals surface area contributed by atoms with Crippen LogP contribution in [-0.4, -0.2) is 66.6 Å². The number of ether oxygens (including phenoxy) is 2. The van der Waals surface area contributed by atoms with Gasteiger partial charge >= 0.3 is 0 Å². The van der Waals surface area contributed by atoms with Crippen LogP contribution in [0.2, 0.25) is 0 Å². The van der Waals surface area contributed by atoms with E-state index in [0.717, 1.165) is 56.1 Å². The molecular formula is C23H34N4O3. The number of amides is 1. The van der Waals surface area contributed by atoms with Gasteiger partial charge in [0.25, 0.3) is 5.91 Å². The van der Waals surface area contributed by atoms with E-state index in [9.17, 15) is 4.79 Å². The third-order valence-corrected chi connectivity index (χ3v) is 5.98. The Kier molecular flexibility index (Phi) is 7.87. The van der Waals surface area contributed by atoms with Crippen molar-refractivity contribution in [2.75, 3.05) is 40.0 Å². The highest BCUT2D eigenvalue weighted by Gasteiger charge is 2.27. The van der Waals surface area contributed by atoms with Crippen LogP contribution in [0.4, 0.5) is 0 Å². The van der Waals surface area contributed by atoms with E-state index >= 15 is 0 Å². The van der Waals surface area contributed by atoms with Crippen molar-refractivity contribution in [3.8, 4) is 11.4 Å². The van der Waals surface area contributed by atoms with Gasteiger partial charge in [-0.1, -0.05) is 32.8 Å². The molecule has 2 aromatic rings. The van der Waals surface area contributed by atoms with Crippen LogP contribution in [0.25, 0.3) is 5.69 Å². The zero-order valence-electron chi connectivity index (χ0n) is 18.6. The van der Waals surface area contributed by atoms with Crippen LogP contribution in [0.1, 0.15) is 42.7 Å². The van der Waals surface area contributed by atoms with Gasteiger partial charge in [-0.3, -0.25) is 9.69 Å². The van der Waals surface area contributed by atoms with Crippen LogP contribution in [0.3, 0.4) is 0 Å². The number of methoxy groups -OCH3 is 1. The van der Waals surface area contributed by atoms with Crippen LogP contribution in [0.5, 0.6) is 5.75 Å². The van der Waals surface area contributed by atoms with Crippen molar-refractivity contribution < 1.29 is 14.3 Å². The normalized spacial score (nSPS) is 15.9. The highest BCUT2D eigenvalue weighted by molar-refractivity contribution is 5.92. The Morgan fingerprint density at radius 2 is 1.97 bits per heavy atom. The quantitative estimate of drug-likeness (QED) is 0.683. The molecule has 0 spiro atoms. The smallest absolute Gasteiger partial charge is 0.271 e. The zero-order chi connectivity index (χ0) is 21.5. The van der Waals surface area contributed by atoms with E-state index in [-0.39, 0.29) is 5.91 Å². The molecule has 1 fully saturated rings. The number of hydrogen-bond donors (Lipinski definition) is 1. The Balaban J connectivity index is 1.70. The van der Waals surface area contributed by atoms with E-state index in [1.807, 2.05) is 25.1 Å². The fourth-order valence-corrected chi connectivity index (χ4v) is 4.18. The molecule has 1 atom stereocenters. The summed E-state index contributed by atoms with van der Waals surface area (Å²) in [4.78, 5) is 15.3. The number of rotatable bonds is 9. The van der Waals surface area contributed by atoms with Crippen molar-refractivity contribution in [2.45, 2.75) is 39.7 Å². The summed E-state index contributed by atoms with van der Waals surface area (Å²) in [6.45, 7) is 10.4. The molecule has 7 heteroatoms. The third kappa shape index (κ3) is 5.21. The van der Waals surface area contributed by atoms with E-state index in [4.69, 9.17) is 9.47 Å². The molecule has 0 bridgehead atoms. The van der Waals surface area contributed by atoms with Crippen LogP contribution >= 0.6 is 0 Å². The van der Waals surface area contributed by atoms with E-state index < -0.39 is 0 Å². The number of aromatic nitrogens is 2. The Morgan fingerprint density at radius 3 is 2.63 bits per heavy atom. The lowest BCUT2D eigenvalue weighted by Crippen LogP contribution is -2.52. The lowest BCUT2D eigenvalue weighted by Gasteiger charge is -2.38. The summed E-state index contributed by atoms with van der Waals surface area (Å²) in [7, 11) is 1.63. The van der Waals surface area contributed by atoms with Gasteiger partial charge in [0.1, 0.15) is 11.4 Å². The van der Waals surface area contributed by atoms with Gasteiger partial charge in [-0.05, 0) is 36.6 Å². The average Bonchev–Trinajstić information content (AvgIpc) is 3.27. The lowest BCUT2D eigenvalue weighted by atomic mass is 9.92. The van der Waals surface area contributed by atoms with Crippen molar-refractivity contribution in [1.29, 1.82) is 0 Å². The fourth-order valence-electron chi connectivity index (χ4n) is 4.18. The number of nitrogens with one attached hydrogen (secondary N) is 1. The maximum Gasteiger partial charge on any atom is 0.271 e. The van der Waals surface area contributed by atoms with Crippen LogP contribution in [0.15, 0.2) is 30.5 Å². The maximum absolute atomic E-state index is 12.8. The Morgan fingerprint density at radius 1 is 1.23 bits per heavy atom. The minimum Gasteiger partial charge on any atom is -0.494 e. The summed E-state index contributed by atoms with van der Waals surface area (Å²) >= 11 is 0. The number of aryl methyl sites for hydroxylation is 1. The molecular weight excluding hydrogens is 380 g/mol. The predicted molar refractivity (Wildman–Crippen MR) is 117 cm³/mol. The second-order valence-electron chi connectivity index (χ2n) is 7.82. The first-order valence-electron chi connectivity index (χ1n) is 10.9. The van der Waals surface area contributed by atoms with Gasteiger partial charge in [0.05, 0.1) is 20.3 Å². The maximum atomic E-state index is 12.8. The monoisotopic (exact) mass is 414 g/mol. The summed E-state index contributed by atoms with van der Waals surface area (Å²) in [6.07, 6.45) is 3.99. The highest BCUT2D eigenvalue weighted by atomic mass is 16.5. The van der Waals surface area contributed by atoms with Crippen LogP contribution in [-0.2, 0) is 4.74 Å². The number of nitrogens with zero attached hydrogens (tertiary/aromatic N) is 3. The largest absolute Gasteiger partial charge is 0.494 e. The van der Waals surface area contributed by atoms with E-state index in [1.54, 1.807) is 24.1 Å². The van der Waals surface area contributed by atoms with Gasteiger partial charge in [0.15, 0.2) is 5.69 Å². The van der Waals surface area contributed by atoms with Gasteiger partial charge in [-0.25, -0.2) is 4.68 Å². The summed E-state index contributed by atoms with van der Waals surface area (Å²) in [6, 6.07) is 7.96. The molecule has 0 radical (unpaired) electrons. The van der Waals surface area contributed by atoms with Crippen molar-refractivity contribution in [1.82, 2.24) is 20.0 Å². The first kappa shape index (κ1) is 22.3. The number of benzene rings is 1. The molecule has 1 saturated heterocycles. The molecule has 0 saturated carbocycles. The molecule has 0 aliphatic carbocycles. The molecule has 30 heavy (non-hydrogen) atoms. The molecule has 1 N–H and O–H groups in total. The average molecular weight is 415 g/mol. The molecule has 1 amide bonds. The number of carbonyl (C=O) groups is 1. The first-order valence-corrected chi connectivity index (χ1v) is 10.9. The molecule has 1 aromatic heterocycles. The Labute approximate surface area is 179 Å². The van der Waals surface area contributed by atoms with Gasteiger partial charge in [0, 0.05) is 31.9 Å². The second kappa shape index (κ2) is 10.6. The molecule has 1 unspecified atom stereocenters. The molecule has 1 aliphatic rings. The lowest BCUT2D eigenvalue weighted by molar-refractivity contribution is 0.00190. The summed E-state index contributed by atoms with van der Waals surface area (Å²) in [5, 5.41) is 7.62. The van der Waals surface area contributed by atoms with Gasteiger partial charge in [0.2, 0.25) is 0 Å². The molecule has 1 aliphatic heterocycles. The minimum atomic E-state index is -0.149. The SMILES string of the molecule is CCC(CC)C(CNC(=O)c1ccn(-c2cc(C)ccc2OC)n1)N1CCOCC1. The summed E-state index contributed by atoms with van der Waals surface area (Å²) in [5.74, 6) is 1.11. The van der Waals surface area contributed by atoms with Gasteiger partial charge in [-0.2, -0.15) is 5.10 Å². The number of hydrogen-bond acceptors (Lipinski definition) is 5. The van der Waals surface area contributed by atoms with Crippen molar-refractivity contribution in [2.24, 2.45) is 5.92 Å². The van der Waals surface area contributed by atoms with Crippen LogP contribution < -0.4 is 10.1 Å². The standard InChI is InChI=1S/C23H34N4O3/c1-5-18(6-2)21(26-11-13-30-14-12-26)16-24-23(28)19-9-10-27(25-19)20-15-17(3)7-8-22(20)29-4/h7-10,15,18,21H,5-6,11-14,16H2,1-4H3,(H,24,28). The van der Waals surface area contributed by atoms with Crippen molar-refractivity contribution in [3.05, 3.63) is 41.7 Å². The summed E-state index contributed by atoms with van der Waals surface area (Å²) in [5.41, 5.74) is 2.33. The molecule has 7 nitrogen and oxygen atoms in total. The minimum absolute atomic E-state index is 0.149. The Hall–Kier alpha value is -2.38. The third-order valence-electron chi connectivity index (χ3n) is 5.98. The molecule has 1 aromatic carbocycles. The fraction of sp³-hybridized carbons (Fsp3) is 0.565. The number of carbonyl (C=O) groups excluding carboxylic acids is 1. The topological polar surface area (TPSA) is 68.6 Å². The number of morpholine rings is 1. The molecule has 3 rings (SSSR count). The molecule has 2 heterocycles. The summed E-state index contributed by atoms with van der Waals surface area (Å²) < 4.78 is 12.7. The predicted octanol–water partition coefficient (Wildman–Crippen LogP) is 3.06. The van der Waals surface area contributed by atoms with Crippen LogP contribution in [0, 0.1) is 12.8 Å². The first-order chi connectivity index (χ1) is 14.6. The molecule has 164 valence electrons.